The second kappa shape index (κ2) is 5.41. The standard InChI is InChI=1S/C15H20ClNO2/c1-15(2)7-4-9-17(10-8-15)12-6-3-5-11(16)13(12)14(18)19/h3,5-6H,4,7-10H2,1-2H3,(H,18,19). The van der Waals surface area contributed by atoms with E-state index in [2.05, 4.69) is 18.7 Å². The zero-order valence-electron chi connectivity index (χ0n) is 11.4. The first kappa shape index (κ1) is 14.2. The predicted octanol–water partition coefficient (Wildman–Crippen LogP) is 4.05. The fourth-order valence-corrected chi connectivity index (χ4v) is 2.90. The molecule has 4 heteroatoms. The maximum atomic E-state index is 11.4. The Morgan fingerprint density at radius 3 is 2.74 bits per heavy atom. The van der Waals surface area contributed by atoms with Crippen molar-refractivity contribution < 1.29 is 9.90 Å². The monoisotopic (exact) mass is 281 g/mol. The third kappa shape index (κ3) is 3.21. The fourth-order valence-electron chi connectivity index (χ4n) is 2.65. The maximum absolute atomic E-state index is 11.4. The van der Waals surface area contributed by atoms with Gasteiger partial charge in [-0.2, -0.15) is 0 Å². The smallest absolute Gasteiger partial charge is 0.339 e. The van der Waals surface area contributed by atoms with E-state index >= 15 is 0 Å². The summed E-state index contributed by atoms with van der Waals surface area (Å²) in [6, 6.07) is 5.31. The Balaban J connectivity index is 2.32. The Bertz CT molecular complexity index is 485. The Kier molecular flexibility index (Phi) is 4.04. The van der Waals surface area contributed by atoms with Crippen LogP contribution in [0.4, 0.5) is 5.69 Å². The molecule has 0 bridgehead atoms. The van der Waals surface area contributed by atoms with Crippen LogP contribution in [0, 0.1) is 5.41 Å². The molecule has 0 spiro atoms. The molecule has 19 heavy (non-hydrogen) atoms. The van der Waals surface area contributed by atoms with Crippen LogP contribution in [0.15, 0.2) is 18.2 Å². The van der Waals surface area contributed by atoms with Crippen molar-refractivity contribution in [3.8, 4) is 0 Å². The van der Waals surface area contributed by atoms with E-state index in [0.29, 0.717) is 10.4 Å². The van der Waals surface area contributed by atoms with Gasteiger partial charge in [-0.05, 0) is 36.8 Å². The summed E-state index contributed by atoms with van der Waals surface area (Å²) in [7, 11) is 0. The average Bonchev–Trinajstić information content (AvgIpc) is 2.49. The highest BCUT2D eigenvalue weighted by atomic mass is 35.5. The second-order valence-electron chi connectivity index (χ2n) is 5.94. The highest BCUT2D eigenvalue weighted by Crippen LogP contribution is 2.34. The van der Waals surface area contributed by atoms with Crippen LogP contribution in [-0.2, 0) is 0 Å². The Morgan fingerprint density at radius 1 is 1.32 bits per heavy atom. The van der Waals surface area contributed by atoms with Crippen molar-refractivity contribution in [2.24, 2.45) is 5.41 Å². The van der Waals surface area contributed by atoms with E-state index < -0.39 is 5.97 Å². The largest absolute Gasteiger partial charge is 0.478 e. The van der Waals surface area contributed by atoms with Gasteiger partial charge in [0.05, 0.1) is 10.7 Å². The third-order valence-electron chi connectivity index (χ3n) is 3.89. The molecule has 1 heterocycles. The van der Waals surface area contributed by atoms with Gasteiger partial charge in [-0.1, -0.05) is 31.5 Å². The van der Waals surface area contributed by atoms with Crippen molar-refractivity contribution in [2.75, 3.05) is 18.0 Å². The number of benzene rings is 1. The normalized spacial score (nSPS) is 19.0. The molecule has 0 saturated carbocycles. The van der Waals surface area contributed by atoms with Crippen molar-refractivity contribution >= 4 is 23.3 Å². The molecule has 0 amide bonds. The van der Waals surface area contributed by atoms with Crippen LogP contribution in [0.1, 0.15) is 43.5 Å². The number of carboxylic acid groups (broad SMARTS) is 1. The molecule has 1 saturated heterocycles. The minimum absolute atomic E-state index is 0.226. The molecule has 0 aromatic heterocycles. The molecular weight excluding hydrogens is 262 g/mol. The van der Waals surface area contributed by atoms with Gasteiger partial charge < -0.3 is 10.0 Å². The number of hydrogen-bond acceptors (Lipinski definition) is 2. The molecule has 0 atom stereocenters. The van der Waals surface area contributed by atoms with E-state index in [1.54, 1.807) is 6.07 Å². The Labute approximate surface area is 119 Å². The minimum Gasteiger partial charge on any atom is -0.478 e. The third-order valence-corrected chi connectivity index (χ3v) is 4.20. The average molecular weight is 282 g/mol. The molecule has 1 aliphatic heterocycles. The maximum Gasteiger partial charge on any atom is 0.339 e. The molecule has 1 aromatic rings. The lowest BCUT2D eigenvalue weighted by Gasteiger charge is -2.26. The zero-order valence-corrected chi connectivity index (χ0v) is 12.2. The second-order valence-corrected chi connectivity index (χ2v) is 6.35. The summed E-state index contributed by atoms with van der Waals surface area (Å²) in [6.07, 6.45) is 3.32. The van der Waals surface area contributed by atoms with E-state index in [-0.39, 0.29) is 5.56 Å². The highest BCUT2D eigenvalue weighted by molar-refractivity contribution is 6.34. The van der Waals surface area contributed by atoms with Crippen LogP contribution in [0.3, 0.4) is 0 Å². The lowest BCUT2D eigenvalue weighted by Crippen LogP contribution is -2.27. The van der Waals surface area contributed by atoms with Crippen LogP contribution in [0.25, 0.3) is 0 Å². The molecule has 2 rings (SSSR count). The van der Waals surface area contributed by atoms with Gasteiger partial charge in [0, 0.05) is 13.1 Å². The van der Waals surface area contributed by atoms with Crippen LogP contribution in [-0.4, -0.2) is 24.2 Å². The van der Waals surface area contributed by atoms with Crippen molar-refractivity contribution in [3.05, 3.63) is 28.8 Å². The van der Waals surface area contributed by atoms with Gasteiger partial charge in [0.25, 0.3) is 0 Å². The van der Waals surface area contributed by atoms with Gasteiger partial charge in [-0.3, -0.25) is 0 Å². The first-order valence-electron chi connectivity index (χ1n) is 6.67. The first-order valence-corrected chi connectivity index (χ1v) is 7.05. The number of anilines is 1. The van der Waals surface area contributed by atoms with Gasteiger partial charge in [0.15, 0.2) is 0 Å². The summed E-state index contributed by atoms with van der Waals surface area (Å²) in [5.41, 5.74) is 1.30. The molecule has 1 aliphatic rings. The lowest BCUT2D eigenvalue weighted by molar-refractivity contribution is 0.0697. The number of hydrogen-bond donors (Lipinski definition) is 1. The molecular formula is C15H20ClNO2. The van der Waals surface area contributed by atoms with Crippen molar-refractivity contribution in [1.82, 2.24) is 0 Å². The van der Waals surface area contributed by atoms with Crippen molar-refractivity contribution in [3.63, 3.8) is 0 Å². The lowest BCUT2D eigenvalue weighted by atomic mass is 9.85. The van der Waals surface area contributed by atoms with Crippen molar-refractivity contribution in [2.45, 2.75) is 33.1 Å². The van der Waals surface area contributed by atoms with E-state index in [9.17, 15) is 9.90 Å². The molecule has 1 fully saturated rings. The summed E-state index contributed by atoms with van der Waals surface area (Å²) in [6.45, 7) is 6.32. The number of rotatable bonds is 2. The van der Waals surface area contributed by atoms with E-state index in [0.717, 1.165) is 31.6 Å². The SMILES string of the molecule is CC1(C)CCCN(c2cccc(Cl)c2C(=O)O)CC1. The quantitative estimate of drug-likeness (QED) is 0.889. The van der Waals surface area contributed by atoms with Crippen molar-refractivity contribution in [1.29, 1.82) is 0 Å². The van der Waals surface area contributed by atoms with Crippen LogP contribution in [0.5, 0.6) is 0 Å². The number of nitrogens with zero attached hydrogens (tertiary/aromatic N) is 1. The van der Waals surface area contributed by atoms with Gasteiger partial charge in [-0.15, -0.1) is 0 Å². The molecule has 0 unspecified atom stereocenters. The van der Waals surface area contributed by atoms with E-state index in [1.165, 1.54) is 6.42 Å². The van der Waals surface area contributed by atoms with E-state index in [1.807, 2.05) is 12.1 Å². The fraction of sp³-hybridized carbons (Fsp3) is 0.533. The van der Waals surface area contributed by atoms with Gasteiger partial charge in [-0.25, -0.2) is 4.79 Å². The summed E-state index contributed by atoms with van der Waals surface area (Å²) in [5.74, 6) is -0.955. The Hall–Kier alpha value is -1.22. The molecule has 0 radical (unpaired) electrons. The van der Waals surface area contributed by atoms with Crippen LogP contribution >= 0.6 is 11.6 Å². The molecule has 104 valence electrons. The number of aromatic carboxylic acids is 1. The first-order chi connectivity index (χ1) is 8.91. The Morgan fingerprint density at radius 2 is 2.05 bits per heavy atom. The molecule has 0 aliphatic carbocycles. The number of carbonyl (C=O) groups is 1. The van der Waals surface area contributed by atoms with Gasteiger partial charge >= 0.3 is 5.97 Å². The molecule has 1 aromatic carbocycles. The molecule has 3 nitrogen and oxygen atoms in total. The van der Waals surface area contributed by atoms with Gasteiger partial charge in [0.2, 0.25) is 0 Å². The summed E-state index contributed by atoms with van der Waals surface area (Å²) < 4.78 is 0. The highest BCUT2D eigenvalue weighted by Gasteiger charge is 2.25. The predicted molar refractivity (Wildman–Crippen MR) is 78.3 cm³/mol. The zero-order chi connectivity index (χ0) is 14.0. The number of carboxylic acids is 1. The minimum atomic E-state index is -0.955. The topological polar surface area (TPSA) is 40.5 Å². The van der Waals surface area contributed by atoms with Gasteiger partial charge in [0.1, 0.15) is 5.56 Å². The van der Waals surface area contributed by atoms with E-state index in [4.69, 9.17) is 11.6 Å². The number of halogens is 1. The van der Waals surface area contributed by atoms with Crippen LogP contribution in [0.2, 0.25) is 5.02 Å². The van der Waals surface area contributed by atoms with Crippen LogP contribution < -0.4 is 4.90 Å². The summed E-state index contributed by atoms with van der Waals surface area (Å²) in [5, 5.41) is 9.65. The molecule has 1 N–H and O–H groups in total. The summed E-state index contributed by atoms with van der Waals surface area (Å²) >= 11 is 6.03. The summed E-state index contributed by atoms with van der Waals surface area (Å²) in [4.78, 5) is 13.5.